The van der Waals surface area contributed by atoms with E-state index in [9.17, 15) is 0 Å². The lowest BCUT2D eigenvalue weighted by Gasteiger charge is -2.08. The molecule has 0 aliphatic carbocycles. The number of nitrogen functional groups attached to an aromatic ring is 1. The highest BCUT2D eigenvalue weighted by atomic mass is 15.1. The van der Waals surface area contributed by atoms with Crippen LogP contribution >= 0.6 is 0 Å². The van der Waals surface area contributed by atoms with Crippen LogP contribution in [-0.2, 0) is 13.0 Å². The van der Waals surface area contributed by atoms with E-state index < -0.39 is 0 Å². The second-order valence-electron chi connectivity index (χ2n) is 5.37. The number of aryl methyl sites for hydroxylation is 1. The Balaban J connectivity index is 2.60. The number of nitrogens with two attached hydrogens (primary N) is 1. The monoisotopic (exact) mass is 251 g/mol. The van der Waals surface area contributed by atoms with Crippen molar-refractivity contribution in [2.24, 2.45) is 0 Å². The van der Waals surface area contributed by atoms with Crippen LogP contribution in [0.3, 0.4) is 0 Å². The van der Waals surface area contributed by atoms with Gasteiger partial charge in [-0.25, -0.2) is 4.98 Å². The molecule has 0 radical (unpaired) electrons. The van der Waals surface area contributed by atoms with Gasteiger partial charge in [-0.15, -0.1) is 0 Å². The first-order chi connectivity index (χ1) is 8.61. The van der Waals surface area contributed by atoms with Gasteiger partial charge in [0.05, 0.1) is 5.69 Å². The molecule has 0 aliphatic rings. The summed E-state index contributed by atoms with van der Waals surface area (Å²) in [5.74, 6) is 2.47. The third kappa shape index (κ3) is 3.76. The van der Waals surface area contributed by atoms with Gasteiger partial charge in [-0.3, -0.25) is 0 Å². The van der Waals surface area contributed by atoms with Crippen molar-refractivity contribution in [1.29, 1.82) is 0 Å². The minimum Gasteiger partial charge on any atom is -0.384 e. The van der Waals surface area contributed by atoms with Crippen LogP contribution in [0.5, 0.6) is 0 Å². The molecule has 0 aromatic carbocycles. The number of nitrogens with zero attached hydrogens (tertiary/aromatic N) is 2. The smallest absolute Gasteiger partial charge is 0.126 e. The minimum atomic E-state index is 0.445. The Hall–Kier alpha value is -0.990. The van der Waals surface area contributed by atoms with Crippen molar-refractivity contribution < 1.29 is 0 Å². The lowest BCUT2D eigenvalue weighted by atomic mass is 10.1. The maximum atomic E-state index is 6.19. The number of anilines is 1. The lowest BCUT2D eigenvalue weighted by molar-refractivity contribution is 0.628. The molecule has 104 valence electrons. The predicted molar refractivity (Wildman–Crippen MR) is 78.9 cm³/mol. The maximum Gasteiger partial charge on any atom is 0.126 e. The number of imidazole rings is 1. The van der Waals surface area contributed by atoms with Gasteiger partial charge in [0.1, 0.15) is 11.6 Å². The Morgan fingerprint density at radius 2 is 1.78 bits per heavy atom. The van der Waals surface area contributed by atoms with Crippen molar-refractivity contribution in [2.75, 3.05) is 5.73 Å². The third-order valence-corrected chi connectivity index (χ3v) is 3.46. The standard InChI is InChI=1S/C15H29N3/c1-5-7-8-9-10-11-13-14(16)18(6-2)15(17-13)12(3)4/h12H,5-11,16H2,1-4H3. The van der Waals surface area contributed by atoms with E-state index in [1.807, 2.05) is 0 Å². The largest absolute Gasteiger partial charge is 0.384 e. The summed E-state index contributed by atoms with van der Waals surface area (Å²) in [6, 6.07) is 0. The molecule has 0 spiro atoms. The first kappa shape index (κ1) is 15.1. The van der Waals surface area contributed by atoms with Crippen LogP contribution in [-0.4, -0.2) is 9.55 Å². The normalized spacial score (nSPS) is 11.4. The summed E-state index contributed by atoms with van der Waals surface area (Å²) >= 11 is 0. The van der Waals surface area contributed by atoms with Crippen LogP contribution in [0.1, 0.15) is 77.2 Å². The molecule has 1 aromatic heterocycles. The maximum absolute atomic E-state index is 6.19. The molecule has 1 rings (SSSR count). The average Bonchev–Trinajstić information content (AvgIpc) is 2.66. The van der Waals surface area contributed by atoms with Crippen LogP contribution in [0.4, 0.5) is 5.82 Å². The molecule has 0 unspecified atom stereocenters. The molecule has 18 heavy (non-hydrogen) atoms. The number of unbranched alkanes of at least 4 members (excludes halogenated alkanes) is 4. The fourth-order valence-electron chi connectivity index (χ4n) is 2.39. The van der Waals surface area contributed by atoms with Gasteiger partial charge in [-0.05, 0) is 19.8 Å². The Bertz CT molecular complexity index is 353. The van der Waals surface area contributed by atoms with Crippen molar-refractivity contribution in [3.05, 3.63) is 11.5 Å². The van der Waals surface area contributed by atoms with Gasteiger partial charge >= 0.3 is 0 Å². The Labute approximate surface area is 112 Å². The highest BCUT2D eigenvalue weighted by Crippen LogP contribution is 2.22. The molecular weight excluding hydrogens is 222 g/mol. The van der Waals surface area contributed by atoms with Gasteiger partial charge < -0.3 is 10.3 Å². The Kier molecular flexibility index (Phi) is 6.23. The lowest BCUT2D eigenvalue weighted by Crippen LogP contribution is -2.06. The summed E-state index contributed by atoms with van der Waals surface area (Å²) in [6.45, 7) is 9.66. The summed E-state index contributed by atoms with van der Waals surface area (Å²) in [5.41, 5.74) is 7.30. The summed E-state index contributed by atoms with van der Waals surface area (Å²) < 4.78 is 2.16. The van der Waals surface area contributed by atoms with Crippen molar-refractivity contribution in [1.82, 2.24) is 9.55 Å². The van der Waals surface area contributed by atoms with Crippen molar-refractivity contribution in [2.45, 2.75) is 78.7 Å². The van der Waals surface area contributed by atoms with Crippen LogP contribution in [0.2, 0.25) is 0 Å². The number of hydrogen-bond donors (Lipinski definition) is 1. The van der Waals surface area contributed by atoms with Gasteiger partial charge in [-0.2, -0.15) is 0 Å². The zero-order valence-electron chi connectivity index (χ0n) is 12.5. The fraction of sp³-hybridized carbons (Fsp3) is 0.800. The SMILES string of the molecule is CCCCCCCc1nc(C(C)C)n(CC)c1N. The molecule has 0 atom stereocenters. The van der Waals surface area contributed by atoms with Crippen molar-refractivity contribution >= 4 is 5.82 Å². The van der Waals surface area contributed by atoms with E-state index in [0.717, 1.165) is 30.3 Å². The van der Waals surface area contributed by atoms with E-state index in [-0.39, 0.29) is 0 Å². The zero-order chi connectivity index (χ0) is 13.5. The molecule has 0 saturated carbocycles. The first-order valence-corrected chi connectivity index (χ1v) is 7.46. The van der Waals surface area contributed by atoms with Gasteiger partial charge in [0, 0.05) is 12.5 Å². The average molecular weight is 251 g/mol. The molecule has 0 aliphatic heterocycles. The third-order valence-electron chi connectivity index (χ3n) is 3.46. The summed E-state index contributed by atoms with van der Waals surface area (Å²) in [5, 5.41) is 0. The van der Waals surface area contributed by atoms with Gasteiger partial charge in [-0.1, -0.05) is 46.5 Å². The topological polar surface area (TPSA) is 43.8 Å². The summed E-state index contributed by atoms with van der Waals surface area (Å²) in [4.78, 5) is 4.74. The molecule has 3 heteroatoms. The fourth-order valence-corrected chi connectivity index (χ4v) is 2.39. The first-order valence-electron chi connectivity index (χ1n) is 7.46. The van der Waals surface area contributed by atoms with E-state index in [0.29, 0.717) is 5.92 Å². The van der Waals surface area contributed by atoms with Gasteiger partial charge in [0.2, 0.25) is 0 Å². The molecular formula is C15H29N3. The van der Waals surface area contributed by atoms with Crippen molar-refractivity contribution in [3.63, 3.8) is 0 Å². The quantitative estimate of drug-likeness (QED) is 0.706. The molecule has 1 heterocycles. The minimum absolute atomic E-state index is 0.445. The second-order valence-corrected chi connectivity index (χ2v) is 5.37. The number of rotatable bonds is 8. The number of hydrogen-bond acceptors (Lipinski definition) is 2. The highest BCUT2D eigenvalue weighted by molar-refractivity contribution is 5.39. The molecule has 3 nitrogen and oxygen atoms in total. The van der Waals surface area contributed by atoms with E-state index in [4.69, 9.17) is 10.7 Å². The van der Waals surface area contributed by atoms with Crippen LogP contribution in [0, 0.1) is 0 Å². The van der Waals surface area contributed by atoms with E-state index in [2.05, 4.69) is 32.3 Å². The molecule has 0 saturated heterocycles. The van der Waals surface area contributed by atoms with Gasteiger partial charge in [0.15, 0.2) is 0 Å². The summed E-state index contributed by atoms with van der Waals surface area (Å²) in [7, 11) is 0. The molecule has 0 amide bonds. The summed E-state index contributed by atoms with van der Waals surface area (Å²) in [6.07, 6.45) is 7.51. The van der Waals surface area contributed by atoms with Crippen LogP contribution in [0.15, 0.2) is 0 Å². The predicted octanol–water partition coefficient (Wildman–Crippen LogP) is 4.12. The second kappa shape index (κ2) is 7.45. The van der Waals surface area contributed by atoms with Gasteiger partial charge in [0.25, 0.3) is 0 Å². The van der Waals surface area contributed by atoms with E-state index in [1.54, 1.807) is 0 Å². The number of aromatic nitrogens is 2. The zero-order valence-corrected chi connectivity index (χ0v) is 12.5. The van der Waals surface area contributed by atoms with Crippen LogP contribution < -0.4 is 5.73 Å². The molecule has 2 N–H and O–H groups in total. The molecule has 0 bridgehead atoms. The Morgan fingerprint density at radius 1 is 1.11 bits per heavy atom. The molecule has 0 fully saturated rings. The highest BCUT2D eigenvalue weighted by Gasteiger charge is 2.15. The van der Waals surface area contributed by atoms with Crippen LogP contribution in [0.25, 0.3) is 0 Å². The van der Waals surface area contributed by atoms with Crippen molar-refractivity contribution in [3.8, 4) is 0 Å². The Morgan fingerprint density at radius 3 is 2.28 bits per heavy atom. The van der Waals surface area contributed by atoms with E-state index >= 15 is 0 Å². The molecule has 1 aromatic rings. The van der Waals surface area contributed by atoms with E-state index in [1.165, 1.54) is 32.1 Å².